The van der Waals surface area contributed by atoms with E-state index in [0.29, 0.717) is 12.1 Å². The molecule has 1 heterocycles. The van der Waals surface area contributed by atoms with Crippen LogP contribution >= 0.6 is 0 Å². The minimum absolute atomic E-state index is 0.580. The molecule has 1 saturated heterocycles. The number of epoxide rings is 1. The first-order valence-electron chi connectivity index (χ1n) is 3.64. The van der Waals surface area contributed by atoms with E-state index in [1.807, 2.05) is 0 Å². The van der Waals surface area contributed by atoms with Crippen LogP contribution in [0.5, 0.6) is 0 Å². The molecule has 1 aliphatic heterocycles. The van der Waals surface area contributed by atoms with Crippen molar-refractivity contribution in [1.82, 2.24) is 5.32 Å². The summed E-state index contributed by atoms with van der Waals surface area (Å²) in [7, 11) is 0. The van der Waals surface area contributed by atoms with E-state index in [-0.39, 0.29) is 0 Å². The molecule has 0 radical (unpaired) electrons. The van der Waals surface area contributed by atoms with Crippen LogP contribution in [-0.4, -0.2) is 25.3 Å². The van der Waals surface area contributed by atoms with E-state index in [1.54, 1.807) is 0 Å². The number of hydrogen-bond acceptors (Lipinski definition) is 2. The molecule has 0 saturated carbocycles. The average Bonchev–Trinajstić information content (AvgIpc) is 2.48. The number of ether oxygens (including phenoxy) is 1. The van der Waals surface area contributed by atoms with Gasteiger partial charge in [-0.2, -0.15) is 0 Å². The van der Waals surface area contributed by atoms with Crippen molar-refractivity contribution in [1.29, 1.82) is 0 Å². The number of rotatable bonds is 4. The highest BCUT2D eigenvalue weighted by Gasteiger charge is 2.20. The topological polar surface area (TPSA) is 24.6 Å². The van der Waals surface area contributed by atoms with Crippen molar-refractivity contribution < 1.29 is 4.74 Å². The Hall–Kier alpha value is -0.0800. The molecule has 54 valence electrons. The molecule has 1 aliphatic rings. The van der Waals surface area contributed by atoms with E-state index < -0.39 is 0 Å². The lowest BCUT2D eigenvalue weighted by molar-refractivity contribution is 0.388. The fourth-order valence-electron chi connectivity index (χ4n) is 0.768. The Morgan fingerprint density at radius 2 is 2.33 bits per heavy atom. The highest BCUT2D eigenvalue weighted by molar-refractivity contribution is 4.70. The van der Waals surface area contributed by atoms with Crippen LogP contribution in [0.25, 0.3) is 0 Å². The lowest BCUT2D eigenvalue weighted by Gasteiger charge is -2.04. The minimum Gasteiger partial charge on any atom is -0.373 e. The Balaban J connectivity index is 1.81. The molecular weight excluding hydrogens is 114 g/mol. The van der Waals surface area contributed by atoms with E-state index in [9.17, 15) is 0 Å². The third kappa shape index (κ3) is 3.49. The van der Waals surface area contributed by atoms with E-state index in [0.717, 1.165) is 13.2 Å². The number of nitrogens with one attached hydrogen (secondary N) is 1. The summed E-state index contributed by atoms with van der Waals surface area (Å²) in [6.07, 6.45) is 1.76. The van der Waals surface area contributed by atoms with Crippen LogP contribution in [0.1, 0.15) is 20.3 Å². The molecule has 9 heavy (non-hydrogen) atoms. The van der Waals surface area contributed by atoms with Crippen LogP contribution in [0.2, 0.25) is 0 Å². The van der Waals surface area contributed by atoms with Crippen molar-refractivity contribution in [2.24, 2.45) is 0 Å². The van der Waals surface area contributed by atoms with Crippen molar-refractivity contribution in [3.05, 3.63) is 0 Å². The Morgan fingerprint density at radius 3 is 2.78 bits per heavy atom. The van der Waals surface area contributed by atoms with Gasteiger partial charge < -0.3 is 10.1 Å². The first-order valence-corrected chi connectivity index (χ1v) is 3.64. The van der Waals surface area contributed by atoms with Gasteiger partial charge in [-0.25, -0.2) is 0 Å². The lowest BCUT2D eigenvalue weighted by atomic mass is 10.3. The maximum atomic E-state index is 5.05. The van der Waals surface area contributed by atoms with Gasteiger partial charge in [0.05, 0.1) is 12.7 Å². The van der Waals surface area contributed by atoms with E-state index in [4.69, 9.17) is 4.74 Å². The summed E-state index contributed by atoms with van der Waals surface area (Å²) in [6, 6.07) is 0.615. The van der Waals surface area contributed by atoms with Crippen molar-refractivity contribution in [2.75, 3.05) is 13.2 Å². The molecule has 2 nitrogen and oxygen atoms in total. The molecule has 1 fully saturated rings. The van der Waals surface area contributed by atoms with Gasteiger partial charge in [0.1, 0.15) is 0 Å². The van der Waals surface area contributed by atoms with Gasteiger partial charge in [0.2, 0.25) is 0 Å². The minimum atomic E-state index is 0.580. The van der Waals surface area contributed by atoms with Gasteiger partial charge in [0, 0.05) is 6.04 Å². The molecule has 1 unspecified atom stereocenters. The van der Waals surface area contributed by atoms with Gasteiger partial charge in [0.15, 0.2) is 0 Å². The van der Waals surface area contributed by atoms with Gasteiger partial charge in [-0.05, 0) is 13.0 Å². The third-order valence-electron chi connectivity index (χ3n) is 1.42. The van der Waals surface area contributed by atoms with Crippen LogP contribution < -0.4 is 5.32 Å². The summed E-state index contributed by atoms with van der Waals surface area (Å²) in [4.78, 5) is 0. The molecule has 1 N–H and O–H groups in total. The molecule has 0 amide bonds. The van der Waals surface area contributed by atoms with Gasteiger partial charge in [-0.15, -0.1) is 0 Å². The summed E-state index contributed by atoms with van der Waals surface area (Å²) in [6.45, 7) is 6.41. The Labute approximate surface area is 56.6 Å². The second kappa shape index (κ2) is 3.18. The Bertz CT molecular complexity index is 77.0. The fourth-order valence-corrected chi connectivity index (χ4v) is 0.768. The maximum Gasteiger partial charge on any atom is 0.0822 e. The van der Waals surface area contributed by atoms with Gasteiger partial charge in [-0.3, -0.25) is 0 Å². The molecule has 0 aliphatic carbocycles. The molecule has 1 atom stereocenters. The Kier molecular flexibility index (Phi) is 2.49. The van der Waals surface area contributed by atoms with Crippen LogP contribution in [0.15, 0.2) is 0 Å². The van der Waals surface area contributed by atoms with Gasteiger partial charge in [-0.1, -0.05) is 13.8 Å². The van der Waals surface area contributed by atoms with Crippen molar-refractivity contribution >= 4 is 0 Å². The molecule has 0 spiro atoms. The summed E-state index contributed by atoms with van der Waals surface area (Å²) in [5.74, 6) is 0. The molecule has 0 aromatic rings. The second-order valence-electron chi connectivity index (χ2n) is 2.85. The second-order valence-corrected chi connectivity index (χ2v) is 2.85. The van der Waals surface area contributed by atoms with Crippen LogP contribution in [0, 0.1) is 0 Å². The standard InChI is InChI=1S/C7H15NO/c1-6(2)8-4-3-7-5-9-7/h6-8H,3-5H2,1-2H3. The van der Waals surface area contributed by atoms with Crippen LogP contribution in [-0.2, 0) is 4.74 Å². The SMILES string of the molecule is CC(C)NCCC1CO1. The first-order chi connectivity index (χ1) is 4.29. The van der Waals surface area contributed by atoms with Crippen LogP contribution in [0.3, 0.4) is 0 Å². The smallest absolute Gasteiger partial charge is 0.0822 e. The highest BCUT2D eigenvalue weighted by Crippen LogP contribution is 2.11. The molecular formula is C7H15NO. The molecule has 0 aromatic heterocycles. The van der Waals surface area contributed by atoms with E-state index in [1.165, 1.54) is 6.42 Å². The fraction of sp³-hybridized carbons (Fsp3) is 1.00. The van der Waals surface area contributed by atoms with Crippen LogP contribution in [0.4, 0.5) is 0 Å². The molecule has 0 aromatic carbocycles. The van der Waals surface area contributed by atoms with Crippen molar-refractivity contribution in [2.45, 2.75) is 32.4 Å². The lowest BCUT2D eigenvalue weighted by Crippen LogP contribution is -2.24. The number of hydrogen-bond donors (Lipinski definition) is 1. The Morgan fingerprint density at radius 1 is 1.67 bits per heavy atom. The summed E-state index contributed by atoms with van der Waals surface area (Å²) in [5, 5.41) is 3.34. The average molecular weight is 129 g/mol. The van der Waals surface area contributed by atoms with Gasteiger partial charge >= 0.3 is 0 Å². The maximum absolute atomic E-state index is 5.05. The normalized spacial score (nSPS) is 25.0. The highest BCUT2D eigenvalue weighted by atomic mass is 16.6. The van der Waals surface area contributed by atoms with E-state index in [2.05, 4.69) is 19.2 Å². The predicted octanol–water partition coefficient (Wildman–Crippen LogP) is 0.773. The molecule has 1 rings (SSSR count). The zero-order valence-corrected chi connectivity index (χ0v) is 6.18. The quantitative estimate of drug-likeness (QED) is 0.567. The zero-order valence-electron chi connectivity index (χ0n) is 6.18. The molecule has 0 bridgehead atoms. The third-order valence-corrected chi connectivity index (χ3v) is 1.42. The zero-order chi connectivity index (χ0) is 6.69. The summed E-state index contributed by atoms with van der Waals surface area (Å²) < 4.78 is 5.05. The van der Waals surface area contributed by atoms with Crippen molar-refractivity contribution in [3.8, 4) is 0 Å². The largest absolute Gasteiger partial charge is 0.373 e. The van der Waals surface area contributed by atoms with Crippen molar-refractivity contribution in [3.63, 3.8) is 0 Å². The molecule has 2 heteroatoms. The van der Waals surface area contributed by atoms with E-state index >= 15 is 0 Å². The monoisotopic (exact) mass is 129 g/mol. The predicted molar refractivity (Wildman–Crippen MR) is 37.5 cm³/mol. The summed E-state index contributed by atoms with van der Waals surface area (Å²) in [5.41, 5.74) is 0. The van der Waals surface area contributed by atoms with Gasteiger partial charge in [0.25, 0.3) is 0 Å². The summed E-state index contributed by atoms with van der Waals surface area (Å²) >= 11 is 0. The first kappa shape index (κ1) is 7.03.